The van der Waals surface area contributed by atoms with Crippen LogP contribution in [0.2, 0.25) is 0 Å². The minimum atomic E-state index is -0.492. The summed E-state index contributed by atoms with van der Waals surface area (Å²) in [5, 5.41) is 23.3. The molecule has 6 nitrogen and oxygen atoms in total. The van der Waals surface area contributed by atoms with Gasteiger partial charge in [-0.05, 0) is 37.8 Å². The van der Waals surface area contributed by atoms with E-state index in [0.29, 0.717) is 11.4 Å². The fourth-order valence-corrected chi connectivity index (χ4v) is 2.69. The molecule has 1 fully saturated rings. The molecule has 0 saturated heterocycles. The van der Waals surface area contributed by atoms with Crippen molar-refractivity contribution in [2.75, 3.05) is 7.11 Å². The van der Waals surface area contributed by atoms with Gasteiger partial charge < -0.3 is 19.5 Å². The lowest BCUT2D eigenvalue weighted by Crippen LogP contribution is -2.25. The number of phenolic OH excluding ortho intramolecular Hbond substituents is 2. The third-order valence-corrected chi connectivity index (χ3v) is 3.88. The van der Waals surface area contributed by atoms with Gasteiger partial charge in [0.25, 0.3) is 5.89 Å². The second-order valence-corrected chi connectivity index (χ2v) is 5.00. The van der Waals surface area contributed by atoms with Gasteiger partial charge in [0.2, 0.25) is 5.82 Å². The Morgan fingerprint density at radius 2 is 2.00 bits per heavy atom. The SMILES string of the molecule is COC1(c2noc(-c3cccc(O)c3O)n2)CCCC1. The Bertz CT molecular complexity index is 617. The molecule has 1 aromatic heterocycles. The van der Waals surface area contributed by atoms with Crippen molar-refractivity contribution < 1.29 is 19.5 Å². The molecule has 1 aliphatic rings. The van der Waals surface area contributed by atoms with E-state index >= 15 is 0 Å². The number of ether oxygens (including phenoxy) is 1. The quantitative estimate of drug-likeness (QED) is 0.837. The molecule has 0 spiro atoms. The average molecular weight is 276 g/mol. The number of phenols is 2. The van der Waals surface area contributed by atoms with Gasteiger partial charge in [0.05, 0.1) is 5.56 Å². The van der Waals surface area contributed by atoms with Gasteiger partial charge in [-0.25, -0.2) is 0 Å². The molecule has 0 amide bonds. The zero-order valence-electron chi connectivity index (χ0n) is 11.2. The molecule has 0 unspecified atom stereocenters. The maximum absolute atomic E-state index is 9.84. The smallest absolute Gasteiger partial charge is 0.261 e. The van der Waals surface area contributed by atoms with Crippen LogP contribution < -0.4 is 0 Å². The van der Waals surface area contributed by atoms with Crippen LogP contribution in [0.25, 0.3) is 11.5 Å². The number of aromatic nitrogens is 2. The van der Waals surface area contributed by atoms with Gasteiger partial charge in [0, 0.05) is 7.11 Å². The zero-order valence-corrected chi connectivity index (χ0v) is 11.2. The number of nitrogens with zero attached hydrogens (tertiary/aromatic N) is 2. The van der Waals surface area contributed by atoms with Crippen molar-refractivity contribution in [3.05, 3.63) is 24.0 Å². The number of hydrogen-bond acceptors (Lipinski definition) is 6. The summed E-state index contributed by atoms with van der Waals surface area (Å²) in [6.07, 6.45) is 3.84. The van der Waals surface area contributed by atoms with Crippen molar-refractivity contribution in [3.63, 3.8) is 0 Å². The monoisotopic (exact) mass is 276 g/mol. The number of hydrogen-bond donors (Lipinski definition) is 2. The summed E-state index contributed by atoms with van der Waals surface area (Å²) in [5.41, 5.74) is -0.179. The van der Waals surface area contributed by atoms with Gasteiger partial charge in [0.1, 0.15) is 5.60 Å². The van der Waals surface area contributed by atoms with Gasteiger partial charge in [-0.15, -0.1) is 0 Å². The topological polar surface area (TPSA) is 88.6 Å². The van der Waals surface area contributed by atoms with Crippen LogP contribution >= 0.6 is 0 Å². The summed E-state index contributed by atoms with van der Waals surface area (Å²) >= 11 is 0. The van der Waals surface area contributed by atoms with Gasteiger partial charge >= 0.3 is 0 Å². The van der Waals surface area contributed by atoms with Crippen LogP contribution in [0.4, 0.5) is 0 Å². The fourth-order valence-electron chi connectivity index (χ4n) is 2.69. The van der Waals surface area contributed by atoms with Gasteiger partial charge in [0.15, 0.2) is 11.5 Å². The Morgan fingerprint density at radius 1 is 1.25 bits per heavy atom. The normalized spacial score (nSPS) is 17.4. The Balaban J connectivity index is 2.00. The summed E-state index contributed by atoms with van der Waals surface area (Å²) < 4.78 is 10.8. The lowest BCUT2D eigenvalue weighted by Gasteiger charge is -2.22. The first-order valence-corrected chi connectivity index (χ1v) is 6.57. The van der Waals surface area contributed by atoms with E-state index in [9.17, 15) is 10.2 Å². The standard InChI is InChI=1S/C14H16N2O4/c1-19-14(7-2-3-8-14)13-15-12(20-16-13)9-5-4-6-10(17)11(9)18/h4-6,17-18H,2-3,7-8H2,1H3. The van der Waals surface area contributed by atoms with Crippen molar-refractivity contribution in [2.45, 2.75) is 31.3 Å². The molecule has 0 aliphatic heterocycles. The van der Waals surface area contributed by atoms with Crippen LogP contribution in [0.5, 0.6) is 11.5 Å². The summed E-state index contributed by atoms with van der Waals surface area (Å²) in [7, 11) is 1.65. The van der Waals surface area contributed by atoms with Crippen LogP contribution in [-0.2, 0) is 10.3 Å². The van der Waals surface area contributed by atoms with Crippen molar-refractivity contribution in [1.29, 1.82) is 0 Å². The van der Waals surface area contributed by atoms with Crippen LogP contribution in [0, 0.1) is 0 Å². The highest BCUT2D eigenvalue weighted by atomic mass is 16.5. The molecule has 1 aromatic carbocycles. The first-order chi connectivity index (χ1) is 9.66. The Morgan fingerprint density at radius 3 is 2.70 bits per heavy atom. The highest BCUT2D eigenvalue weighted by Crippen LogP contribution is 2.42. The predicted octanol–water partition coefficient (Wildman–Crippen LogP) is 2.56. The van der Waals surface area contributed by atoms with E-state index in [1.54, 1.807) is 19.2 Å². The summed E-state index contributed by atoms with van der Waals surface area (Å²) in [6, 6.07) is 4.61. The Kier molecular flexibility index (Phi) is 3.10. The summed E-state index contributed by atoms with van der Waals surface area (Å²) in [6.45, 7) is 0. The molecule has 0 bridgehead atoms. The van der Waals surface area contributed by atoms with Crippen molar-refractivity contribution >= 4 is 0 Å². The van der Waals surface area contributed by atoms with E-state index < -0.39 is 5.60 Å². The Hall–Kier alpha value is -2.08. The average Bonchev–Trinajstić information content (AvgIpc) is 3.10. The number of para-hydroxylation sites is 1. The molecule has 0 atom stereocenters. The van der Waals surface area contributed by atoms with E-state index in [4.69, 9.17) is 9.26 Å². The van der Waals surface area contributed by atoms with Gasteiger partial charge in [-0.2, -0.15) is 4.98 Å². The highest BCUT2D eigenvalue weighted by molar-refractivity contribution is 5.66. The number of methoxy groups -OCH3 is 1. The summed E-state index contributed by atoms with van der Waals surface area (Å²) in [4.78, 5) is 4.33. The maximum atomic E-state index is 9.84. The molecular formula is C14H16N2O4. The first-order valence-electron chi connectivity index (χ1n) is 6.57. The fraction of sp³-hybridized carbons (Fsp3) is 0.429. The highest BCUT2D eigenvalue weighted by Gasteiger charge is 2.40. The van der Waals surface area contributed by atoms with Crippen LogP contribution in [0.15, 0.2) is 22.7 Å². The molecule has 20 heavy (non-hydrogen) atoms. The van der Waals surface area contributed by atoms with Gasteiger partial charge in [-0.3, -0.25) is 0 Å². The van der Waals surface area contributed by atoms with E-state index in [0.717, 1.165) is 25.7 Å². The molecule has 2 aromatic rings. The number of rotatable bonds is 3. The van der Waals surface area contributed by atoms with E-state index in [2.05, 4.69) is 10.1 Å². The van der Waals surface area contributed by atoms with E-state index in [1.165, 1.54) is 6.07 Å². The molecule has 2 N–H and O–H groups in total. The van der Waals surface area contributed by atoms with Crippen LogP contribution in [-0.4, -0.2) is 27.5 Å². The summed E-state index contributed by atoms with van der Waals surface area (Å²) in [5.74, 6) is 0.192. The largest absolute Gasteiger partial charge is 0.504 e. The number of benzene rings is 1. The van der Waals surface area contributed by atoms with Crippen molar-refractivity contribution in [2.24, 2.45) is 0 Å². The lowest BCUT2D eigenvalue weighted by molar-refractivity contribution is -0.0178. The van der Waals surface area contributed by atoms with Crippen LogP contribution in [0.3, 0.4) is 0 Å². The number of aromatic hydroxyl groups is 2. The molecular weight excluding hydrogens is 260 g/mol. The zero-order chi connectivity index (χ0) is 14.2. The van der Waals surface area contributed by atoms with Crippen molar-refractivity contribution in [1.82, 2.24) is 10.1 Å². The Labute approximate surface area is 116 Å². The van der Waals surface area contributed by atoms with E-state index in [-0.39, 0.29) is 17.4 Å². The molecule has 1 heterocycles. The first kappa shape index (κ1) is 12.9. The molecule has 3 rings (SSSR count). The van der Waals surface area contributed by atoms with E-state index in [1.807, 2.05) is 0 Å². The third-order valence-electron chi connectivity index (χ3n) is 3.88. The van der Waals surface area contributed by atoms with Gasteiger partial charge in [-0.1, -0.05) is 11.2 Å². The lowest BCUT2D eigenvalue weighted by atomic mass is 10.0. The molecule has 1 saturated carbocycles. The maximum Gasteiger partial charge on any atom is 0.261 e. The second-order valence-electron chi connectivity index (χ2n) is 5.00. The second kappa shape index (κ2) is 4.79. The third kappa shape index (κ3) is 1.92. The molecule has 1 aliphatic carbocycles. The molecule has 106 valence electrons. The predicted molar refractivity (Wildman–Crippen MR) is 70.2 cm³/mol. The minimum Gasteiger partial charge on any atom is -0.504 e. The molecule has 6 heteroatoms. The van der Waals surface area contributed by atoms with Crippen LogP contribution in [0.1, 0.15) is 31.5 Å². The molecule has 0 radical (unpaired) electrons. The minimum absolute atomic E-state index is 0.178. The van der Waals surface area contributed by atoms with Crippen molar-refractivity contribution in [3.8, 4) is 23.0 Å².